The van der Waals surface area contributed by atoms with Crippen LogP contribution in [0.25, 0.3) is 6.08 Å². The van der Waals surface area contributed by atoms with Gasteiger partial charge in [0.25, 0.3) is 5.91 Å². The molecule has 2 fully saturated rings. The van der Waals surface area contributed by atoms with Gasteiger partial charge in [-0.2, -0.15) is 0 Å². The van der Waals surface area contributed by atoms with Crippen LogP contribution >= 0.6 is 23.4 Å². The number of ether oxygens (including phenoxy) is 2. The lowest BCUT2D eigenvalue weighted by molar-refractivity contribution is -0.115. The molecule has 2 aliphatic heterocycles. The van der Waals surface area contributed by atoms with E-state index in [1.807, 2.05) is 66.7 Å². The van der Waals surface area contributed by atoms with Crippen molar-refractivity contribution in [3.63, 3.8) is 0 Å². The maximum atomic E-state index is 12.5. The van der Waals surface area contributed by atoms with Crippen LogP contribution in [0.5, 0.6) is 17.2 Å². The van der Waals surface area contributed by atoms with Crippen molar-refractivity contribution in [3.05, 3.63) is 88.3 Å². The maximum absolute atomic E-state index is 12.5. The van der Waals surface area contributed by atoms with E-state index in [0.29, 0.717) is 33.2 Å². The van der Waals surface area contributed by atoms with Gasteiger partial charge in [0.1, 0.15) is 17.2 Å². The number of halogens is 1. The highest BCUT2D eigenvalue weighted by molar-refractivity contribution is 8.18. The molecule has 8 heteroatoms. The molecule has 0 spiro atoms. The maximum Gasteiger partial charge on any atom is 0.264 e. The topological polar surface area (TPSA) is 63.2 Å². The highest BCUT2D eigenvalue weighted by Gasteiger charge is 2.23. The predicted octanol–water partition coefficient (Wildman–Crippen LogP) is 6.89. The lowest BCUT2D eigenvalue weighted by Gasteiger charge is -2.14. The van der Waals surface area contributed by atoms with Gasteiger partial charge >= 0.3 is 0 Å². The first-order valence-electron chi connectivity index (χ1n) is 12.4. The van der Waals surface area contributed by atoms with E-state index >= 15 is 0 Å². The van der Waals surface area contributed by atoms with Crippen LogP contribution in [0.4, 0.5) is 5.69 Å². The summed E-state index contributed by atoms with van der Waals surface area (Å²) in [5.41, 5.74) is 1.66. The third-order valence-corrected chi connectivity index (χ3v) is 7.19. The molecule has 0 saturated carbocycles. The fraction of sp³-hybridized carbons (Fsp3) is 0.241. The van der Waals surface area contributed by atoms with E-state index in [4.69, 9.17) is 21.1 Å². The number of nitrogens with one attached hydrogen (secondary N) is 1. The summed E-state index contributed by atoms with van der Waals surface area (Å²) in [4.78, 5) is 20.1. The van der Waals surface area contributed by atoms with Gasteiger partial charge in [-0.05, 0) is 116 Å². The number of nitrogens with zero attached hydrogens (tertiary/aromatic N) is 2. The Bertz CT molecular complexity index is 1270. The minimum atomic E-state index is -0.159. The summed E-state index contributed by atoms with van der Waals surface area (Å²) in [6.45, 7) is 4.24. The van der Waals surface area contributed by atoms with Crippen molar-refractivity contribution in [1.82, 2.24) is 10.2 Å². The quantitative estimate of drug-likeness (QED) is 0.240. The van der Waals surface area contributed by atoms with Gasteiger partial charge in [0.15, 0.2) is 5.17 Å². The van der Waals surface area contributed by atoms with E-state index in [-0.39, 0.29) is 5.91 Å². The number of rotatable bonds is 9. The first-order chi connectivity index (χ1) is 18.1. The van der Waals surface area contributed by atoms with E-state index < -0.39 is 0 Å². The monoisotopic (exact) mass is 533 g/mol. The highest BCUT2D eigenvalue weighted by atomic mass is 35.5. The second-order valence-electron chi connectivity index (χ2n) is 8.85. The van der Waals surface area contributed by atoms with Gasteiger partial charge < -0.3 is 19.7 Å². The smallest absolute Gasteiger partial charge is 0.264 e. The number of amides is 1. The molecule has 0 unspecified atom stereocenters. The number of likely N-dealkylation sites (tertiary alicyclic amines) is 1. The van der Waals surface area contributed by atoms with Crippen LogP contribution in [0.1, 0.15) is 24.8 Å². The molecule has 3 aromatic carbocycles. The molecule has 190 valence electrons. The van der Waals surface area contributed by atoms with E-state index in [0.717, 1.165) is 30.0 Å². The van der Waals surface area contributed by atoms with E-state index in [9.17, 15) is 4.79 Å². The van der Waals surface area contributed by atoms with Crippen LogP contribution in [0.3, 0.4) is 0 Å². The van der Waals surface area contributed by atoms with Gasteiger partial charge in [-0.15, -0.1) is 0 Å². The number of carbonyl (C=O) groups excluding carboxylic acids is 1. The van der Waals surface area contributed by atoms with Crippen molar-refractivity contribution in [2.24, 2.45) is 4.99 Å². The largest absolute Gasteiger partial charge is 0.494 e. The summed E-state index contributed by atoms with van der Waals surface area (Å²) in [5.74, 6) is 2.08. The molecule has 0 atom stereocenters. The van der Waals surface area contributed by atoms with E-state index in [1.165, 1.54) is 37.7 Å². The number of aliphatic imine (C=N–C) groups is 1. The Balaban J connectivity index is 1.13. The third kappa shape index (κ3) is 7.38. The fourth-order valence-electron chi connectivity index (χ4n) is 4.12. The van der Waals surface area contributed by atoms with Crippen molar-refractivity contribution < 1.29 is 14.3 Å². The van der Waals surface area contributed by atoms with Crippen LogP contribution in [-0.4, -0.2) is 42.2 Å². The SMILES string of the molecule is O=C1NC(=Nc2ccc(Oc3ccc(Cl)cc3)cc2)S/C1=C\c1ccc(OCCCN2CCCC2)cc1. The Morgan fingerprint density at radius 2 is 1.57 bits per heavy atom. The van der Waals surface area contributed by atoms with Crippen LogP contribution in [0.15, 0.2) is 82.7 Å². The second-order valence-corrected chi connectivity index (χ2v) is 10.3. The molecule has 5 rings (SSSR count). The zero-order chi connectivity index (χ0) is 25.5. The van der Waals surface area contributed by atoms with Crippen LogP contribution in [0, 0.1) is 0 Å². The molecule has 0 bridgehead atoms. The normalized spacial score (nSPS) is 17.9. The number of hydrogen-bond donors (Lipinski definition) is 1. The summed E-state index contributed by atoms with van der Waals surface area (Å²) in [7, 11) is 0. The van der Waals surface area contributed by atoms with Crippen LogP contribution in [-0.2, 0) is 4.79 Å². The van der Waals surface area contributed by atoms with E-state index in [2.05, 4.69) is 15.2 Å². The molecule has 3 aromatic rings. The van der Waals surface area contributed by atoms with Crippen molar-refractivity contribution in [2.75, 3.05) is 26.2 Å². The van der Waals surface area contributed by atoms with Gasteiger partial charge in [-0.25, -0.2) is 4.99 Å². The Kier molecular flexibility index (Phi) is 8.46. The molecule has 1 N–H and O–H groups in total. The molecule has 0 aliphatic carbocycles. The summed E-state index contributed by atoms with van der Waals surface area (Å²) in [6, 6.07) is 22.4. The average Bonchev–Trinajstić information content (AvgIpc) is 3.55. The van der Waals surface area contributed by atoms with Crippen molar-refractivity contribution in [2.45, 2.75) is 19.3 Å². The third-order valence-electron chi connectivity index (χ3n) is 6.03. The average molecular weight is 534 g/mol. The summed E-state index contributed by atoms with van der Waals surface area (Å²) < 4.78 is 11.7. The Morgan fingerprint density at radius 1 is 0.919 bits per heavy atom. The van der Waals surface area contributed by atoms with Crippen LogP contribution in [0.2, 0.25) is 5.02 Å². The Morgan fingerprint density at radius 3 is 2.27 bits per heavy atom. The number of benzene rings is 3. The molecular weight excluding hydrogens is 506 g/mol. The number of thioether (sulfide) groups is 1. The molecule has 0 radical (unpaired) electrons. The molecule has 6 nitrogen and oxygen atoms in total. The number of amidine groups is 1. The molecule has 37 heavy (non-hydrogen) atoms. The van der Waals surface area contributed by atoms with E-state index in [1.54, 1.807) is 12.1 Å². The Hall–Kier alpha value is -3.26. The Labute approximate surface area is 226 Å². The first-order valence-corrected chi connectivity index (χ1v) is 13.6. The second kappa shape index (κ2) is 12.3. The number of carbonyl (C=O) groups is 1. The minimum Gasteiger partial charge on any atom is -0.494 e. The molecule has 2 heterocycles. The summed E-state index contributed by atoms with van der Waals surface area (Å²) >= 11 is 7.24. The van der Waals surface area contributed by atoms with Crippen molar-refractivity contribution in [3.8, 4) is 17.2 Å². The predicted molar refractivity (Wildman–Crippen MR) is 151 cm³/mol. The molecular formula is C29H28ClN3O3S. The lowest BCUT2D eigenvalue weighted by atomic mass is 10.2. The van der Waals surface area contributed by atoms with Crippen molar-refractivity contribution in [1.29, 1.82) is 0 Å². The zero-order valence-corrected chi connectivity index (χ0v) is 21.9. The molecule has 0 aromatic heterocycles. The standard InChI is InChI=1S/C29H28ClN3O3S/c30-22-6-12-25(13-7-22)36-26-14-8-23(9-15-26)31-29-32-28(34)27(37-29)20-21-4-10-24(11-5-21)35-19-3-18-33-16-1-2-17-33/h4-15,20H,1-3,16-19H2,(H,31,32,34)/b27-20-. The number of hydrogen-bond acceptors (Lipinski definition) is 6. The van der Waals surface area contributed by atoms with Gasteiger partial charge in [-0.3, -0.25) is 4.79 Å². The molecule has 1 amide bonds. The minimum absolute atomic E-state index is 0.159. The lowest BCUT2D eigenvalue weighted by Crippen LogP contribution is -2.21. The summed E-state index contributed by atoms with van der Waals surface area (Å²) in [5, 5.41) is 4.04. The molecule has 2 aliphatic rings. The van der Waals surface area contributed by atoms with Gasteiger partial charge in [0.05, 0.1) is 17.2 Å². The zero-order valence-electron chi connectivity index (χ0n) is 20.4. The first kappa shape index (κ1) is 25.4. The van der Waals surface area contributed by atoms with Gasteiger partial charge in [-0.1, -0.05) is 23.7 Å². The van der Waals surface area contributed by atoms with Gasteiger partial charge in [0.2, 0.25) is 0 Å². The van der Waals surface area contributed by atoms with Gasteiger partial charge in [0, 0.05) is 11.6 Å². The fourth-order valence-corrected chi connectivity index (χ4v) is 5.09. The highest BCUT2D eigenvalue weighted by Crippen LogP contribution is 2.30. The summed E-state index contributed by atoms with van der Waals surface area (Å²) in [6.07, 6.45) is 5.53. The molecule has 2 saturated heterocycles. The van der Waals surface area contributed by atoms with Crippen molar-refractivity contribution >= 4 is 46.2 Å². The van der Waals surface area contributed by atoms with Crippen LogP contribution < -0.4 is 14.8 Å².